The first-order valence-electron chi connectivity index (χ1n) is 6.17. The molecule has 0 aromatic carbocycles. The van der Waals surface area contributed by atoms with Gasteiger partial charge in [0.05, 0.1) is 10.1 Å². The van der Waals surface area contributed by atoms with E-state index in [0.29, 0.717) is 6.54 Å². The molecule has 2 rings (SSSR count). The summed E-state index contributed by atoms with van der Waals surface area (Å²) in [4.78, 5) is 4.32. The molecule has 2 N–H and O–H groups in total. The second-order valence-corrected chi connectivity index (χ2v) is 5.84. The van der Waals surface area contributed by atoms with Gasteiger partial charge in [-0.1, -0.05) is 19.3 Å². The maximum absolute atomic E-state index is 10.4. The molecule has 1 heterocycles. The third-order valence-corrected chi connectivity index (χ3v) is 3.95. The van der Waals surface area contributed by atoms with Gasteiger partial charge in [0.2, 0.25) is 0 Å². The van der Waals surface area contributed by atoms with E-state index in [2.05, 4.69) is 26.2 Å². The van der Waals surface area contributed by atoms with Crippen molar-refractivity contribution in [2.75, 3.05) is 11.9 Å². The molecular formula is C13H19BrN2O. The van der Waals surface area contributed by atoms with Gasteiger partial charge in [0.1, 0.15) is 5.82 Å². The molecule has 1 aromatic heterocycles. The number of halogens is 1. The number of pyridine rings is 1. The first kappa shape index (κ1) is 12.8. The molecule has 0 unspecified atom stereocenters. The van der Waals surface area contributed by atoms with Gasteiger partial charge in [-0.05, 0) is 47.3 Å². The third-order valence-electron chi connectivity index (χ3n) is 3.35. The van der Waals surface area contributed by atoms with Crippen molar-refractivity contribution < 1.29 is 5.11 Å². The molecule has 0 spiro atoms. The fourth-order valence-corrected chi connectivity index (χ4v) is 2.90. The summed E-state index contributed by atoms with van der Waals surface area (Å²) in [6.45, 7) is 2.60. The van der Waals surface area contributed by atoms with Gasteiger partial charge >= 0.3 is 0 Å². The van der Waals surface area contributed by atoms with E-state index in [-0.39, 0.29) is 0 Å². The summed E-state index contributed by atoms with van der Waals surface area (Å²) in [6, 6.07) is 2.03. The largest absolute Gasteiger partial charge is 0.388 e. The Labute approximate surface area is 111 Å². The predicted octanol–water partition coefficient (Wildman–Crippen LogP) is 3.26. The van der Waals surface area contributed by atoms with Crippen LogP contribution in [0, 0.1) is 6.92 Å². The van der Waals surface area contributed by atoms with Crippen molar-refractivity contribution in [3.8, 4) is 0 Å². The molecule has 0 amide bonds. The molecule has 17 heavy (non-hydrogen) atoms. The number of aryl methyl sites for hydroxylation is 1. The summed E-state index contributed by atoms with van der Waals surface area (Å²) in [7, 11) is 0. The standard InChI is InChI=1S/C13H19BrN2O/c1-10-7-11(14)12(15-8-10)16-9-13(17)5-3-2-4-6-13/h7-8,17H,2-6,9H2,1H3,(H,15,16). The summed E-state index contributed by atoms with van der Waals surface area (Å²) in [6.07, 6.45) is 7.11. The van der Waals surface area contributed by atoms with Gasteiger partial charge in [-0.15, -0.1) is 0 Å². The average Bonchev–Trinajstić information content (AvgIpc) is 2.29. The van der Waals surface area contributed by atoms with E-state index >= 15 is 0 Å². The van der Waals surface area contributed by atoms with Gasteiger partial charge in [0, 0.05) is 12.7 Å². The molecule has 0 atom stereocenters. The van der Waals surface area contributed by atoms with Crippen LogP contribution >= 0.6 is 15.9 Å². The number of hydrogen-bond donors (Lipinski definition) is 2. The van der Waals surface area contributed by atoms with Crippen LogP contribution in [0.1, 0.15) is 37.7 Å². The Morgan fingerprint density at radius 2 is 2.12 bits per heavy atom. The predicted molar refractivity (Wildman–Crippen MR) is 73.2 cm³/mol. The number of nitrogens with zero attached hydrogens (tertiary/aromatic N) is 1. The lowest BCUT2D eigenvalue weighted by molar-refractivity contribution is 0.0166. The van der Waals surface area contributed by atoms with Crippen LogP contribution in [0.15, 0.2) is 16.7 Å². The second kappa shape index (κ2) is 5.36. The zero-order valence-corrected chi connectivity index (χ0v) is 11.8. The highest BCUT2D eigenvalue weighted by molar-refractivity contribution is 9.10. The smallest absolute Gasteiger partial charge is 0.140 e. The minimum atomic E-state index is -0.551. The van der Waals surface area contributed by atoms with Crippen molar-refractivity contribution >= 4 is 21.7 Å². The number of anilines is 1. The van der Waals surface area contributed by atoms with Gasteiger partial charge in [-0.2, -0.15) is 0 Å². The molecule has 1 aliphatic carbocycles. The molecule has 0 radical (unpaired) electrons. The molecule has 1 saturated carbocycles. The first-order valence-corrected chi connectivity index (χ1v) is 6.97. The zero-order chi connectivity index (χ0) is 12.3. The van der Waals surface area contributed by atoms with Crippen molar-refractivity contribution in [3.05, 3.63) is 22.3 Å². The summed E-state index contributed by atoms with van der Waals surface area (Å²) in [5.41, 5.74) is 0.573. The number of nitrogens with one attached hydrogen (secondary N) is 1. The van der Waals surface area contributed by atoms with Crippen LogP contribution in [-0.2, 0) is 0 Å². The van der Waals surface area contributed by atoms with Crippen molar-refractivity contribution in [3.63, 3.8) is 0 Å². The van der Waals surface area contributed by atoms with E-state index < -0.39 is 5.60 Å². The van der Waals surface area contributed by atoms with Gasteiger partial charge in [-0.25, -0.2) is 4.98 Å². The highest BCUT2D eigenvalue weighted by atomic mass is 79.9. The van der Waals surface area contributed by atoms with Crippen LogP contribution in [0.2, 0.25) is 0 Å². The highest BCUT2D eigenvalue weighted by Crippen LogP contribution is 2.29. The molecule has 94 valence electrons. The first-order chi connectivity index (χ1) is 8.09. The minimum absolute atomic E-state index is 0.551. The number of hydrogen-bond acceptors (Lipinski definition) is 3. The highest BCUT2D eigenvalue weighted by Gasteiger charge is 2.28. The molecule has 0 bridgehead atoms. The fourth-order valence-electron chi connectivity index (χ4n) is 2.30. The number of aliphatic hydroxyl groups is 1. The van der Waals surface area contributed by atoms with Crippen LogP contribution in [0.4, 0.5) is 5.82 Å². The molecule has 4 heteroatoms. The summed E-state index contributed by atoms with van der Waals surface area (Å²) in [5.74, 6) is 0.814. The Bertz CT molecular complexity index is 389. The Morgan fingerprint density at radius 3 is 2.76 bits per heavy atom. The number of aromatic nitrogens is 1. The lowest BCUT2D eigenvalue weighted by Crippen LogP contribution is -2.39. The summed E-state index contributed by atoms with van der Waals surface area (Å²) < 4.78 is 0.955. The van der Waals surface area contributed by atoms with Crippen LogP contribution in [0.3, 0.4) is 0 Å². The Balaban J connectivity index is 1.97. The lowest BCUT2D eigenvalue weighted by atomic mass is 9.85. The molecule has 0 aliphatic heterocycles. The van der Waals surface area contributed by atoms with Crippen molar-refractivity contribution in [2.45, 2.75) is 44.6 Å². The molecular weight excluding hydrogens is 280 g/mol. The maximum atomic E-state index is 10.4. The van der Waals surface area contributed by atoms with Gasteiger partial charge in [-0.3, -0.25) is 0 Å². The van der Waals surface area contributed by atoms with E-state index in [1.54, 1.807) is 0 Å². The van der Waals surface area contributed by atoms with Crippen LogP contribution in [-0.4, -0.2) is 22.2 Å². The normalized spacial score (nSPS) is 19.0. The van der Waals surface area contributed by atoms with Gasteiger partial charge in [0.15, 0.2) is 0 Å². The van der Waals surface area contributed by atoms with Crippen LogP contribution in [0.5, 0.6) is 0 Å². The molecule has 1 aromatic rings. The Hall–Kier alpha value is -0.610. The number of rotatable bonds is 3. The SMILES string of the molecule is Cc1cnc(NCC2(O)CCCCC2)c(Br)c1. The summed E-state index contributed by atoms with van der Waals surface area (Å²) >= 11 is 3.48. The van der Waals surface area contributed by atoms with E-state index in [1.165, 1.54) is 6.42 Å². The molecule has 1 fully saturated rings. The van der Waals surface area contributed by atoms with Gasteiger partial charge < -0.3 is 10.4 Å². The summed E-state index contributed by atoms with van der Waals surface area (Å²) in [5, 5.41) is 13.6. The van der Waals surface area contributed by atoms with Crippen molar-refractivity contribution in [1.29, 1.82) is 0 Å². The monoisotopic (exact) mass is 298 g/mol. The average molecular weight is 299 g/mol. The van der Waals surface area contributed by atoms with Crippen molar-refractivity contribution in [1.82, 2.24) is 4.98 Å². The molecule has 1 aliphatic rings. The minimum Gasteiger partial charge on any atom is -0.388 e. The zero-order valence-electron chi connectivity index (χ0n) is 10.2. The van der Waals surface area contributed by atoms with E-state index in [9.17, 15) is 5.11 Å². The van der Waals surface area contributed by atoms with E-state index in [4.69, 9.17) is 0 Å². The molecule has 3 nitrogen and oxygen atoms in total. The second-order valence-electron chi connectivity index (χ2n) is 4.98. The van der Waals surface area contributed by atoms with Crippen molar-refractivity contribution in [2.24, 2.45) is 0 Å². The van der Waals surface area contributed by atoms with Gasteiger partial charge in [0.25, 0.3) is 0 Å². The topological polar surface area (TPSA) is 45.2 Å². The quantitative estimate of drug-likeness (QED) is 0.900. The van der Waals surface area contributed by atoms with E-state index in [1.807, 2.05) is 19.2 Å². The fraction of sp³-hybridized carbons (Fsp3) is 0.615. The Kier molecular flexibility index (Phi) is 4.05. The lowest BCUT2D eigenvalue weighted by Gasteiger charge is -2.32. The molecule has 0 saturated heterocycles. The third kappa shape index (κ3) is 3.42. The van der Waals surface area contributed by atoms with E-state index in [0.717, 1.165) is 41.5 Å². The van der Waals surface area contributed by atoms with Crippen LogP contribution < -0.4 is 5.32 Å². The maximum Gasteiger partial charge on any atom is 0.140 e. The Morgan fingerprint density at radius 1 is 1.41 bits per heavy atom. The van der Waals surface area contributed by atoms with Crippen LogP contribution in [0.25, 0.3) is 0 Å².